The van der Waals surface area contributed by atoms with Gasteiger partial charge in [0.05, 0.1) is 6.61 Å². The van der Waals surface area contributed by atoms with E-state index in [1.165, 1.54) is 0 Å². The summed E-state index contributed by atoms with van der Waals surface area (Å²) in [6.45, 7) is 0.163. The lowest BCUT2D eigenvalue weighted by atomic mass is 9.83. The standard InChI is InChI=1S/C17H22N2O4/c18-17(22)16(13-7-4-8-14(20)9-13)19-15(21)11-23-10-12-5-2-1-3-6-12/h1-3,5-6,13,16H,4,7-11H2,(H2,18,22)(H,19,21)/t13-,16-/m0/s1. The van der Waals surface area contributed by atoms with Crippen molar-refractivity contribution in [3.8, 4) is 0 Å². The Balaban J connectivity index is 1.81. The van der Waals surface area contributed by atoms with Crippen molar-refractivity contribution in [1.29, 1.82) is 0 Å². The zero-order valence-electron chi connectivity index (χ0n) is 13.0. The first-order valence-electron chi connectivity index (χ1n) is 7.78. The first-order chi connectivity index (χ1) is 11.1. The van der Waals surface area contributed by atoms with Crippen LogP contribution in [0.15, 0.2) is 30.3 Å². The monoisotopic (exact) mass is 318 g/mol. The summed E-state index contributed by atoms with van der Waals surface area (Å²) in [7, 11) is 0. The molecule has 23 heavy (non-hydrogen) atoms. The van der Waals surface area contributed by atoms with Crippen LogP contribution in [-0.2, 0) is 25.7 Å². The van der Waals surface area contributed by atoms with Gasteiger partial charge in [-0.25, -0.2) is 0 Å². The number of benzene rings is 1. The van der Waals surface area contributed by atoms with E-state index in [9.17, 15) is 14.4 Å². The summed E-state index contributed by atoms with van der Waals surface area (Å²) >= 11 is 0. The number of carbonyl (C=O) groups excluding carboxylic acids is 3. The quantitative estimate of drug-likeness (QED) is 0.781. The fourth-order valence-corrected chi connectivity index (χ4v) is 2.81. The topological polar surface area (TPSA) is 98.5 Å². The average Bonchev–Trinajstić information content (AvgIpc) is 2.53. The largest absolute Gasteiger partial charge is 0.368 e. The number of amides is 2. The zero-order valence-corrected chi connectivity index (χ0v) is 13.0. The van der Waals surface area contributed by atoms with E-state index in [0.29, 0.717) is 25.9 Å². The minimum absolute atomic E-state index is 0.113. The van der Waals surface area contributed by atoms with Gasteiger partial charge in [0.2, 0.25) is 11.8 Å². The second-order valence-corrected chi connectivity index (χ2v) is 5.82. The van der Waals surface area contributed by atoms with Crippen molar-refractivity contribution in [2.45, 2.75) is 38.3 Å². The molecule has 6 heteroatoms. The van der Waals surface area contributed by atoms with E-state index >= 15 is 0 Å². The summed E-state index contributed by atoms with van der Waals surface area (Å²) in [6.07, 6.45) is 2.27. The molecule has 1 aliphatic carbocycles. The highest BCUT2D eigenvalue weighted by atomic mass is 16.5. The van der Waals surface area contributed by atoms with E-state index in [4.69, 9.17) is 10.5 Å². The van der Waals surface area contributed by atoms with Crippen LogP contribution in [0.3, 0.4) is 0 Å². The SMILES string of the molecule is NC(=O)[C@@H](NC(=O)COCc1ccccc1)[C@H]1CCCC(=O)C1. The molecular formula is C17H22N2O4. The highest BCUT2D eigenvalue weighted by molar-refractivity contribution is 5.88. The van der Waals surface area contributed by atoms with E-state index in [0.717, 1.165) is 12.0 Å². The van der Waals surface area contributed by atoms with Crippen LogP contribution in [0.4, 0.5) is 0 Å². The van der Waals surface area contributed by atoms with Crippen LogP contribution in [0.25, 0.3) is 0 Å². The van der Waals surface area contributed by atoms with E-state index < -0.39 is 17.9 Å². The minimum atomic E-state index is -0.813. The second kappa shape index (κ2) is 8.43. The molecule has 6 nitrogen and oxygen atoms in total. The van der Waals surface area contributed by atoms with Crippen LogP contribution in [-0.4, -0.2) is 30.2 Å². The highest BCUT2D eigenvalue weighted by Gasteiger charge is 2.31. The summed E-state index contributed by atoms with van der Waals surface area (Å²) in [5, 5.41) is 2.60. The van der Waals surface area contributed by atoms with Crippen molar-refractivity contribution in [3.63, 3.8) is 0 Å². The van der Waals surface area contributed by atoms with Crippen molar-refractivity contribution < 1.29 is 19.1 Å². The van der Waals surface area contributed by atoms with Gasteiger partial charge in [0, 0.05) is 12.8 Å². The predicted octanol–water partition coefficient (Wildman–Crippen LogP) is 0.933. The van der Waals surface area contributed by atoms with Gasteiger partial charge in [0.25, 0.3) is 0 Å². The van der Waals surface area contributed by atoms with Crippen LogP contribution in [0, 0.1) is 5.92 Å². The van der Waals surface area contributed by atoms with Crippen LogP contribution >= 0.6 is 0 Å². The number of rotatable bonds is 7. The lowest BCUT2D eigenvalue weighted by Gasteiger charge is -2.28. The Morgan fingerprint density at radius 3 is 2.70 bits per heavy atom. The predicted molar refractivity (Wildman–Crippen MR) is 84.2 cm³/mol. The van der Waals surface area contributed by atoms with Gasteiger partial charge in [-0.15, -0.1) is 0 Å². The lowest BCUT2D eigenvalue weighted by Crippen LogP contribution is -2.51. The van der Waals surface area contributed by atoms with Gasteiger partial charge in [-0.1, -0.05) is 30.3 Å². The molecule has 0 bridgehead atoms. The summed E-state index contributed by atoms with van der Waals surface area (Å²) in [4.78, 5) is 35.1. The average molecular weight is 318 g/mol. The van der Waals surface area contributed by atoms with E-state index in [2.05, 4.69) is 5.32 Å². The van der Waals surface area contributed by atoms with Crippen LogP contribution in [0.1, 0.15) is 31.2 Å². The Bertz CT molecular complexity index is 559. The fraction of sp³-hybridized carbons (Fsp3) is 0.471. The van der Waals surface area contributed by atoms with Gasteiger partial charge in [-0.2, -0.15) is 0 Å². The molecule has 1 aromatic rings. The van der Waals surface area contributed by atoms with E-state index in [1.807, 2.05) is 30.3 Å². The molecule has 1 aliphatic rings. The summed E-state index contributed by atoms with van der Waals surface area (Å²) in [5.74, 6) is -1.11. The summed E-state index contributed by atoms with van der Waals surface area (Å²) in [5.41, 5.74) is 6.34. The number of Topliss-reactive ketones (excluding diaryl/α,β-unsaturated/α-hetero) is 1. The Morgan fingerprint density at radius 2 is 2.04 bits per heavy atom. The number of primary amides is 1. The molecule has 0 heterocycles. The van der Waals surface area contributed by atoms with Gasteiger partial charge in [0.15, 0.2) is 0 Å². The zero-order chi connectivity index (χ0) is 16.7. The molecule has 2 atom stereocenters. The minimum Gasteiger partial charge on any atom is -0.368 e. The number of hydrogen-bond acceptors (Lipinski definition) is 4. The third kappa shape index (κ3) is 5.49. The number of carbonyl (C=O) groups is 3. The molecule has 0 aromatic heterocycles. The van der Waals surface area contributed by atoms with E-state index in [1.54, 1.807) is 0 Å². The number of hydrogen-bond donors (Lipinski definition) is 2. The third-order valence-corrected chi connectivity index (χ3v) is 3.96. The molecule has 2 amide bonds. The summed E-state index contributed by atoms with van der Waals surface area (Å²) < 4.78 is 5.34. The Hall–Kier alpha value is -2.21. The summed E-state index contributed by atoms with van der Waals surface area (Å²) in [6, 6.07) is 8.67. The van der Waals surface area contributed by atoms with Crippen LogP contribution in [0.2, 0.25) is 0 Å². The number of nitrogens with two attached hydrogens (primary N) is 1. The molecule has 0 radical (unpaired) electrons. The second-order valence-electron chi connectivity index (χ2n) is 5.82. The van der Waals surface area contributed by atoms with Gasteiger partial charge in [0.1, 0.15) is 18.4 Å². The van der Waals surface area contributed by atoms with Crippen molar-refractivity contribution >= 4 is 17.6 Å². The molecule has 3 N–H and O–H groups in total. The molecule has 0 spiro atoms. The van der Waals surface area contributed by atoms with Crippen molar-refractivity contribution in [3.05, 3.63) is 35.9 Å². The number of nitrogens with one attached hydrogen (secondary N) is 1. The van der Waals surface area contributed by atoms with Crippen molar-refractivity contribution in [1.82, 2.24) is 5.32 Å². The van der Waals surface area contributed by atoms with Crippen molar-refractivity contribution in [2.24, 2.45) is 11.7 Å². The molecule has 1 saturated carbocycles. The van der Waals surface area contributed by atoms with Gasteiger partial charge >= 0.3 is 0 Å². The smallest absolute Gasteiger partial charge is 0.246 e. The molecular weight excluding hydrogens is 296 g/mol. The Labute approximate surface area is 135 Å². The number of ketones is 1. The third-order valence-electron chi connectivity index (χ3n) is 3.96. The first kappa shape index (κ1) is 17.1. The lowest BCUT2D eigenvalue weighted by molar-refractivity contribution is -0.133. The van der Waals surface area contributed by atoms with Crippen LogP contribution in [0.5, 0.6) is 0 Å². The maximum atomic E-state index is 11.9. The Morgan fingerprint density at radius 1 is 1.30 bits per heavy atom. The molecule has 124 valence electrons. The van der Waals surface area contributed by atoms with Gasteiger partial charge in [-0.05, 0) is 24.3 Å². The van der Waals surface area contributed by atoms with Gasteiger partial charge < -0.3 is 15.8 Å². The molecule has 1 aromatic carbocycles. The maximum Gasteiger partial charge on any atom is 0.246 e. The first-order valence-corrected chi connectivity index (χ1v) is 7.78. The Kier molecular flexibility index (Phi) is 6.29. The molecule has 1 fully saturated rings. The fourth-order valence-electron chi connectivity index (χ4n) is 2.81. The molecule has 2 rings (SSSR count). The highest BCUT2D eigenvalue weighted by Crippen LogP contribution is 2.24. The maximum absolute atomic E-state index is 11.9. The normalized spacial score (nSPS) is 19.1. The van der Waals surface area contributed by atoms with Gasteiger partial charge in [-0.3, -0.25) is 14.4 Å². The van der Waals surface area contributed by atoms with Crippen molar-refractivity contribution in [2.75, 3.05) is 6.61 Å². The van der Waals surface area contributed by atoms with E-state index in [-0.39, 0.29) is 18.3 Å². The molecule has 0 aliphatic heterocycles. The molecule has 0 unspecified atom stereocenters. The molecule has 0 saturated heterocycles. The number of ether oxygens (including phenoxy) is 1. The van der Waals surface area contributed by atoms with Crippen LogP contribution < -0.4 is 11.1 Å².